The van der Waals surface area contributed by atoms with E-state index in [0.717, 1.165) is 26.2 Å². The van der Waals surface area contributed by atoms with Crippen molar-refractivity contribution in [1.82, 2.24) is 10.2 Å². The molecule has 18 heavy (non-hydrogen) atoms. The summed E-state index contributed by atoms with van der Waals surface area (Å²) >= 11 is 1.84. The summed E-state index contributed by atoms with van der Waals surface area (Å²) in [4.78, 5) is 3.89. The molecule has 0 amide bonds. The summed E-state index contributed by atoms with van der Waals surface area (Å²) in [6, 6.07) is 4.88. The second kappa shape index (κ2) is 9.50. The third-order valence-electron chi connectivity index (χ3n) is 3.21. The Morgan fingerprint density at radius 1 is 1.39 bits per heavy atom. The average Bonchev–Trinajstić information content (AvgIpc) is 2.90. The van der Waals surface area contributed by atoms with Crippen LogP contribution in [0, 0.1) is 0 Å². The molecule has 0 aliphatic heterocycles. The number of thiophene rings is 1. The average molecular weight is 270 g/mol. The van der Waals surface area contributed by atoms with Crippen LogP contribution < -0.4 is 5.32 Å². The molecule has 1 aromatic heterocycles. The first kappa shape index (κ1) is 15.6. The molecule has 0 aliphatic carbocycles. The zero-order valence-electron chi connectivity index (χ0n) is 11.8. The van der Waals surface area contributed by atoms with Gasteiger partial charge in [0.25, 0.3) is 0 Å². The Balaban J connectivity index is 2.05. The van der Waals surface area contributed by atoms with Gasteiger partial charge >= 0.3 is 0 Å². The molecule has 1 atom stereocenters. The van der Waals surface area contributed by atoms with E-state index >= 15 is 0 Å². The first-order valence-electron chi connectivity index (χ1n) is 6.69. The second-order valence-corrected chi connectivity index (χ2v) is 5.60. The maximum Gasteiger partial charge on any atom is 0.0587 e. The zero-order chi connectivity index (χ0) is 13.2. The summed E-state index contributed by atoms with van der Waals surface area (Å²) in [6.45, 7) is 6.28. The van der Waals surface area contributed by atoms with Crippen LogP contribution in [-0.2, 0) is 4.74 Å². The number of hydrogen-bond acceptors (Lipinski definition) is 4. The number of ether oxygens (including phenoxy) is 1. The third-order valence-corrected chi connectivity index (χ3v) is 4.26. The van der Waals surface area contributed by atoms with Crippen molar-refractivity contribution >= 4 is 11.3 Å². The minimum absolute atomic E-state index is 0.534. The fraction of sp³-hybridized carbons (Fsp3) is 0.714. The monoisotopic (exact) mass is 270 g/mol. The lowest BCUT2D eigenvalue weighted by Gasteiger charge is -2.23. The quantitative estimate of drug-likeness (QED) is 0.662. The van der Waals surface area contributed by atoms with Gasteiger partial charge in [-0.2, -0.15) is 0 Å². The Morgan fingerprint density at radius 2 is 2.22 bits per heavy atom. The molecular weight excluding hydrogens is 244 g/mol. The van der Waals surface area contributed by atoms with E-state index < -0.39 is 0 Å². The maximum absolute atomic E-state index is 4.99. The molecule has 1 heterocycles. The Labute approximate surface area is 115 Å². The number of hydrogen-bond donors (Lipinski definition) is 1. The molecule has 4 heteroatoms. The van der Waals surface area contributed by atoms with Gasteiger partial charge in [-0.15, -0.1) is 11.3 Å². The van der Waals surface area contributed by atoms with Crippen LogP contribution in [0.3, 0.4) is 0 Å². The highest BCUT2D eigenvalue weighted by Gasteiger charge is 2.11. The maximum atomic E-state index is 4.99. The highest BCUT2D eigenvalue weighted by atomic mass is 32.1. The van der Waals surface area contributed by atoms with E-state index in [4.69, 9.17) is 4.74 Å². The topological polar surface area (TPSA) is 24.5 Å². The normalized spacial score (nSPS) is 13.1. The molecule has 0 aromatic carbocycles. The van der Waals surface area contributed by atoms with Crippen molar-refractivity contribution in [3.63, 3.8) is 0 Å². The molecule has 1 aromatic rings. The van der Waals surface area contributed by atoms with Crippen LogP contribution in [0.4, 0.5) is 0 Å². The Hall–Kier alpha value is -0.420. The molecule has 1 unspecified atom stereocenters. The van der Waals surface area contributed by atoms with Gasteiger partial charge in [-0.3, -0.25) is 4.90 Å². The Bertz CT molecular complexity index is 290. The predicted molar refractivity (Wildman–Crippen MR) is 79.3 cm³/mol. The van der Waals surface area contributed by atoms with Gasteiger partial charge < -0.3 is 10.1 Å². The molecule has 0 fully saturated rings. The highest BCUT2D eigenvalue weighted by Crippen LogP contribution is 2.23. The van der Waals surface area contributed by atoms with E-state index in [0.29, 0.717) is 6.04 Å². The van der Waals surface area contributed by atoms with Gasteiger partial charge in [0.15, 0.2) is 0 Å². The molecule has 1 rings (SSSR count). The minimum atomic E-state index is 0.534. The summed E-state index contributed by atoms with van der Waals surface area (Å²) < 4.78 is 4.99. The van der Waals surface area contributed by atoms with Crippen LogP contribution in [0.1, 0.15) is 30.7 Å². The molecular formula is C14H26N2OS. The van der Waals surface area contributed by atoms with E-state index in [1.54, 1.807) is 7.11 Å². The van der Waals surface area contributed by atoms with Crippen LogP contribution >= 0.6 is 11.3 Å². The summed E-state index contributed by atoms with van der Waals surface area (Å²) in [5.74, 6) is 0. The van der Waals surface area contributed by atoms with Crippen LogP contribution in [0.25, 0.3) is 0 Å². The third kappa shape index (κ3) is 5.96. The van der Waals surface area contributed by atoms with Crippen LogP contribution in [-0.4, -0.2) is 45.3 Å². The molecule has 0 radical (unpaired) electrons. The van der Waals surface area contributed by atoms with Crippen molar-refractivity contribution in [1.29, 1.82) is 0 Å². The largest absolute Gasteiger partial charge is 0.383 e. The smallest absolute Gasteiger partial charge is 0.0587 e. The van der Waals surface area contributed by atoms with Crippen molar-refractivity contribution in [3.8, 4) is 0 Å². The van der Waals surface area contributed by atoms with Crippen LogP contribution in [0.15, 0.2) is 17.5 Å². The first-order valence-corrected chi connectivity index (χ1v) is 7.57. The number of nitrogens with one attached hydrogen (secondary N) is 1. The molecule has 0 aliphatic rings. The van der Waals surface area contributed by atoms with E-state index in [2.05, 4.69) is 41.7 Å². The van der Waals surface area contributed by atoms with Gasteiger partial charge in [0.2, 0.25) is 0 Å². The molecule has 104 valence electrons. The summed E-state index contributed by atoms with van der Waals surface area (Å²) in [5.41, 5.74) is 0. The van der Waals surface area contributed by atoms with Crippen molar-refractivity contribution < 1.29 is 4.74 Å². The van der Waals surface area contributed by atoms with E-state index in [1.165, 1.54) is 17.7 Å². The fourth-order valence-corrected chi connectivity index (χ4v) is 2.70. The molecule has 3 nitrogen and oxygen atoms in total. The number of rotatable bonds is 10. The second-order valence-electron chi connectivity index (χ2n) is 4.62. The number of nitrogens with zero attached hydrogens (tertiary/aromatic N) is 1. The predicted octanol–water partition coefficient (Wildman–Crippen LogP) is 2.76. The lowest BCUT2D eigenvalue weighted by atomic mass is 10.2. The highest BCUT2D eigenvalue weighted by molar-refractivity contribution is 7.10. The van der Waals surface area contributed by atoms with E-state index in [-0.39, 0.29) is 0 Å². The van der Waals surface area contributed by atoms with Gasteiger partial charge in [0, 0.05) is 24.6 Å². The van der Waals surface area contributed by atoms with Crippen LogP contribution in [0.5, 0.6) is 0 Å². The lowest BCUT2D eigenvalue weighted by molar-refractivity contribution is 0.199. The number of methoxy groups -OCH3 is 1. The molecule has 0 saturated heterocycles. The zero-order valence-corrected chi connectivity index (χ0v) is 12.6. The van der Waals surface area contributed by atoms with Crippen molar-refractivity contribution in [2.45, 2.75) is 25.8 Å². The van der Waals surface area contributed by atoms with Crippen molar-refractivity contribution in [2.75, 3.05) is 40.4 Å². The first-order chi connectivity index (χ1) is 8.75. The Morgan fingerprint density at radius 3 is 2.89 bits per heavy atom. The van der Waals surface area contributed by atoms with Gasteiger partial charge in [0.05, 0.1) is 6.61 Å². The van der Waals surface area contributed by atoms with Crippen LogP contribution in [0.2, 0.25) is 0 Å². The molecule has 0 bridgehead atoms. The molecule has 0 saturated carbocycles. The SMILES string of the molecule is COCCNCCCCN(C)C(C)c1cccs1. The van der Waals surface area contributed by atoms with Gasteiger partial charge in [-0.25, -0.2) is 0 Å². The van der Waals surface area contributed by atoms with Gasteiger partial charge in [-0.1, -0.05) is 6.07 Å². The minimum Gasteiger partial charge on any atom is -0.383 e. The van der Waals surface area contributed by atoms with E-state index in [9.17, 15) is 0 Å². The summed E-state index contributed by atoms with van der Waals surface area (Å²) in [6.07, 6.45) is 2.47. The van der Waals surface area contributed by atoms with Gasteiger partial charge in [-0.05, 0) is 51.3 Å². The van der Waals surface area contributed by atoms with E-state index in [1.807, 2.05) is 11.3 Å². The van der Waals surface area contributed by atoms with Gasteiger partial charge in [0.1, 0.15) is 0 Å². The molecule has 0 spiro atoms. The summed E-state index contributed by atoms with van der Waals surface area (Å²) in [7, 11) is 3.95. The lowest BCUT2D eigenvalue weighted by Crippen LogP contribution is -2.25. The number of unbranched alkanes of at least 4 members (excludes halogenated alkanes) is 1. The molecule has 1 N–H and O–H groups in total. The Kier molecular flexibility index (Phi) is 8.25. The summed E-state index contributed by atoms with van der Waals surface area (Å²) in [5, 5.41) is 5.53. The standard InChI is InChI=1S/C14H26N2OS/c1-13(14-7-6-12-18-14)16(2)10-5-4-8-15-9-11-17-3/h6-7,12-13,15H,4-5,8-11H2,1-3H3. The fourth-order valence-electron chi connectivity index (χ4n) is 1.85. The van der Waals surface area contributed by atoms with Crippen molar-refractivity contribution in [2.24, 2.45) is 0 Å². The van der Waals surface area contributed by atoms with Crippen molar-refractivity contribution in [3.05, 3.63) is 22.4 Å².